The minimum Gasteiger partial charge on any atom is -0.494 e. The molecule has 0 N–H and O–H groups in total. The number of ether oxygens (including phenoxy) is 2. The number of benzene rings is 2. The number of esters is 1. The molecule has 1 heterocycles. The van der Waals surface area contributed by atoms with Gasteiger partial charge in [-0.1, -0.05) is 29.4 Å². The summed E-state index contributed by atoms with van der Waals surface area (Å²) in [4.78, 5) is 29.4. The second-order valence-corrected chi connectivity index (χ2v) is 6.70. The standard InChI is InChI=1S/C21H18N2O4S/c1-4-12-23-17-11-10-14(27-5-2)13-18(17)28-21(23)22-19(24)15-8-6-7-9-16(15)20(25)26-3/h1,6-11,13H,5,12H2,2-3H3. The maximum absolute atomic E-state index is 12.8. The summed E-state index contributed by atoms with van der Waals surface area (Å²) in [6, 6.07) is 12.0. The number of amides is 1. The minimum atomic E-state index is -0.589. The molecule has 0 unspecified atom stereocenters. The van der Waals surface area contributed by atoms with Crippen molar-refractivity contribution in [3.05, 3.63) is 58.4 Å². The van der Waals surface area contributed by atoms with Gasteiger partial charge in [-0.25, -0.2) is 4.79 Å². The molecule has 2 aromatic carbocycles. The number of aromatic nitrogens is 1. The van der Waals surface area contributed by atoms with Crippen molar-refractivity contribution in [3.63, 3.8) is 0 Å². The Bertz CT molecular complexity index is 1150. The SMILES string of the molecule is C#CCn1c(=NC(=O)c2ccccc2C(=O)OC)sc2cc(OCC)ccc21. The van der Waals surface area contributed by atoms with Crippen LogP contribution >= 0.6 is 11.3 Å². The van der Waals surface area contributed by atoms with E-state index in [0.29, 0.717) is 11.4 Å². The lowest BCUT2D eigenvalue weighted by Crippen LogP contribution is -2.17. The Hall–Kier alpha value is -3.37. The summed E-state index contributed by atoms with van der Waals surface area (Å²) in [6.07, 6.45) is 5.50. The Labute approximate surface area is 166 Å². The molecule has 0 saturated carbocycles. The molecule has 142 valence electrons. The van der Waals surface area contributed by atoms with E-state index in [1.807, 2.05) is 25.1 Å². The number of thiazole rings is 1. The van der Waals surface area contributed by atoms with Crippen molar-refractivity contribution in [2.24, 2.45) is 4.99 Å². The Balaban J connectivity index is 2.13. The average molecular weight is 394 g/mol. The average Bonchev–Trinajstić information content (AvgIpc) is 3.04. The second-order valence-electron chi connectivity index (χ2n) is 5.69. The molecule has 0 aliphatic carbocycles. The predicted molar refractivity (Wildman–Crippen MR) is 107 cm³/mol. The predicted octanol–water partition coefficient (Wildman–Crippen LogP) is 3.26. The molecule has 0 saturated heterocycles. The molecule has 7 heteroatoms. The number of terminal acetylenes is 1. The normalized spacial score (nSPS) is 11.2. The van der Waals surface area contributed by atoms with E-state index in [0.717, 1.165) is 16.0 Å². The van der Waals surface area contributed by atoms with Gasteiger partial charge in [0.05, 0.1) is 41.6 Å². The maximum Gasteiger partial charge on any atom is 0.338 e. The summed E-state index contributed by atoms with van der Waals surface area (Å²) >= 11 is 1.33. The van der Waals surface area contributed by atoms with Crippen molar-refractivity contribution in [2.75, 3.05) is 13.7 Å². The number of carbonyl (C=O) groups is 2. The lowest BCUT2D eigenvalue weighted by Gasteiger charge is -2.04. The molecule has 28 heavy (non-hydrogen) atoms. The van der Waals surface area contributed by atoms with Crippen molar-refractivity contribution in [2.45, 2.75) is 13.5 Å². The molecular formula is C21H18N2O4S. The Morgan fingerprint density at radius 1 is 1.21 bits per heavy atom. The van der Waals surface area contributed by atoms with Crippen LogP contribution in [0.4, 0.5) is 0 Å². The van der Waals surface area contributed by atoms with E-state index < -0.39 is 11.9 Å². The highest BCUT2D eigenvalue weighted by Crippen LogP contribution is 2.23. The molecule has 0 aliphatic rings. The van der Waals surface area contributed by atoms with Crippen molar-refractivity contribution in [1.29, 1.82) is 0 Å². The van der Waals surface area contributed by atoms with Crippen LogP contribution in [0.25, 0.3) is 10.2 Å². The largest absolute Gasteiger partial charge is 0.494 e. The zero-order chi connectivity index (χ0) is 20.1. The van der Waals surface area contributed by atoms with E-state index in [4.69, 9.17) is 15.9 Å². The smallest absolute Gasteiger partial charge is 0.338 e. The number of rotatable bonds is 5. The van der Waals surface area contributed by atoms with Gasteiger partial charge in [-0.05, 0) is 37.3 Å². The first kappa shape index (κ1) is 19.4. The van der Waals surface area contributed by atoms with Gasteiger partial charge < -0.3 is 14.0 Å². The Morgan fingerprint density at radius 2 is 1.96 bits per heavy atom. The molecule has 3 aromatic rings. The van der Waals surface area contributed by atoms with Crippen LogP contribution in [0.2, 0.25) is 0 Å². The van der Waals surface area contributed by atoms with Crippen molar-refractivity contribution >= 4 is 33.4 Å². The van der Waals surface area contributed by atoms with Crippen molar-refractivity contribution in [1.82, 2.24) is 4.57 Å². The fraction of sp³-hybridized carbons (Fsp3) is 0.190. The quantitative estimate of drug-likeness (QED) is 0.492. The Morgan fingerprint density at radius 3 is 2.64 bits per heavy atom. The zero-order valence-electron chi connectivity index (χ0n) is 15.5. The van der Waals surface area contributed by atoms with Gasteiger partial charge >= 0.3 is 5.97 Å². The summed E-state index contributed by atoms with van der Waals surface area (Å²) < 4.78 is 13.0. The molecule has 1 aromatic heterocycles. The minimum absolute atomic E-state index is 0.169. The third-order valence-electron chi connectivity index (χ3n) is 3.97. The van der Waals surface area contributed by atoms with Gasteiger partial charge in [0.25, 0.3) is 5.91 Å². The molecule has 0 bridgehead atoms. The fourth-order valence-corrected chi connectivity index (χ4v) is 3.80. The van der Waals surface area contributed by atoms with Crippen LogP contribution in [-0.2, 0) is 11.3 Å². The van der Waals surface area contributed by atoms with E-state index in [1.165, 1.54) is 24.5 Å². The number of hydrogen-bond acceptors (Lipinski definition) is 5. The van der Waals surface area contributed by atoms with E-state index in [2.05, 4.69) is 10.9 Å². The van der Waals surface area contributed by atoms with E-state index in [-0.39, 0.29) is 17.7 Å². The van der Waals surface area contributed by atoms with Crippen LogP contribution in [0.15, 0.2) is 47.5 Å². The first-order chi connectivity index (χ1) is 13.6. The zero-order valence-corrected chi connectivity index (χ0v) is 16.3. The molecule has 0 atom stereocenters. The lowest BCUT2D eigenvalue weighted by molar-refractivity contribution is 0.0597. The Kier molecular flexibility index (Phi) is 5.92. The molecule has 0 radical (unpaired) electrons. The highest BCUT2D eigenvalue weighted by molar-refractivity contribution is 7.16. The third kappa shape index (κ3) is 3.82. The first-order valence-corrected chi connectivity index (χ1v) is 9.36. The highest BCUT2D eigenvalue weighted by atomic mass is 32.1. The monoisotopic (exact) mass is 394 g/mol. The van der Waals surface area contributed by atoms with Crippen LogP contribution in [0.5, 0.6) is 5.75 Å². The summed E-state index contributed by atoms with van der Waals surface area (Å²) in [7, 11) is 1.27. The van der Waals surface area contributed by atoms with Gasteiger partial charge in [0, 0.05) is 0 Å². The molecule has 1 amide bonds. The molecule has 6 nitrogen and oxygen atoms in total. The molecular weight excluding hydrogens is 376 g/mol. The summed E-state index contributed by atoms with van der Waals surface area (Å²) in [5.74, 6) is 2.19. The van der Waals surface area contributed by atoms with Gasteiger partial charge in [-0.2, -0.15) is 4.99 Å². The number of fused-ring (bicyclic) bond motifs is 1. The van der Waals surface area contributed by atoms with E-state index in [1.54, 1.807) is 22.8 Å². The van der Waals surface area contributed by atoms with Gasteiger partial charge in [-0.15, -0.1) is 6.42 Å². The van der Waals surface area contributed by atoms with Crippen LogP contribution in [0.1, 0.15) is 27.6 Å². The maximum atomic E-state index is 12.8. The van der Waals surface area contributed by atoms with E-state index in [9.17, 15) is 9.59 Å². The van der Waals surface area contributed by atoms with Crippen LogP contribution in [-0.4, -0.2) is 30.2 Å². The van der Waals surface area contributed by atoms with Crippen molar-refractivity contribution < 1.29 is 19.1 Å². The van der Waals surface area contributed by atoms with Crippen LogP contribution in [0, 0.1) is 12.3 Å². The molecule has 0 spiro atoms. The lowest BCUT2D eigenvalue weighted by atomic mass is 10.1. The number of hydrogen-bond donors (Lipinski definition) is 0. The summed E-state index contributed by atoms with van der Waals surface area (Å²) in [6.45, 7) is 2.73. The van der Waals surface area contributed by atoms with Gasteiger partial charge in [-0.3, -0.25) is 4.79 Å². The summed E-state index contributed by atoms with van der Waals surface area (Å²) in [5, 5.41) is 0. The second kappa shape index (κ2) is 8.55. The van der Waals surface area contributed by atoms with Crippen LogP contribution < -0.4 is 9.54 Å². The fourth-order valence-electron chi connectivity index (χ4n) is 2.74. The van der Waals surface area contributed by atoms with Crippen LogP contribution in [0.3, 0.4) is 0 Å². The first-order valence-electron chi connectivity index (χ1n) is 8.55. The van der Waals surface area contributed by atoms with Gasteiger partial charge in [0.15, 0.2) is 4.80 Å². The van der Waals surface area contributed by atoms with Crippen molar-refractivity contribution in [3.8, 4) is 18.1 Å². The van der Waals surface area contributed by atoms with Gasteiger partial charge in [0.1, 0.15) is 5.75 Å². The summed E-state index contributed by atoms with van der Waals surface area (Å²) in [5.41, 5.74) is 1.20. The number of carbonyl (C=O) groups excluding carboxylic acids is 2. The number of methoxy groups -OCH3 is 1. The number of nitrogens with zero attached hydrogens (tertiary/aromatic N) is 2. The molecule has 0 aliphatic heterocycles. The third-order valence-corrected chi connectivity index (χ3v) is 5.02. The topological polar surface area (TPSA) is 69.9 Å². The van der Waals surface area contributed by atoms with Gasteiger partial charge in [0.2, 0.25) is 0 Å². The highest BCUT2D eigenvalue weighted by Gasteiger charge is 2.17. The molecule has 0 fully saturated rings. The molecule has 3 rings (SSSR count). The van der Waals surface area contributed by atoms with E-state index >= 15 is 0 Å².